The molecule has 5 nitrogen and oxygen atoms in total. The van der Waals surface area contributed by atoms with Crippen molar-refractivity contribution in [1.82, 2.24) is 8.97 Å². The number of anilines is 1. The first-order valence-electron chi connectivity index (χ1n) is 13.1. The Hall–Kier alpha value is -3.96. The van der Waals surface area contributed by atoms with Crippen LogP contribution in [-0.4, -0.2) is 22.0 Å². The lowest BCUT2D eigenvalue weighted by atomic mass is 9.96. The van der Waals surface area contributed by atoms with Crippen LogP contribution in [0.4, 0.5) is 5.69 Å². The molecule has 38 heavy (non-hydrogen) atoms. The van der Waals surface area contributed by atoms with Gasteiger partial charge < -0.3 is 14.6 Å². The monoisotopic (exact) mass is 523 g/mol. The van der Waals surface area contributed by atoms with Gasteiger partial charge in [0.2, 0.25) is 0 Å². The Balaban J connectivity index is 1.59. The molecule has 1 N–H and O–H groups in total. The van der Waals surface area contributed by atoms with Gasteiger partial charge in [-0.05, 0) is 78.8 Å². The molecule has 0 spiro atoms. The number of benzene rings is 3. The zero-order valence-electron chi connectivity index (χ0n) is 21.6. The molecule has 6 rings (SSSR count). The number of carbonyl (C=O) groups excluding carboxylic acids is 1. The van der Waals surface area contributed by atoms with Crippen molar-refractivity contribution < 1.29 is 9.53 Å². The molecule has 0 aliphatic carbocycles. The Labute approximate surface area is 227 Å². The van der Waals surface area contributed by atoms with Crippen LogP contribution in [0, 0.1) is 0 Å². The van der Waals surface area contributed by atoms with Crippen molar-refractivity contribution in [1.29, 1.82) is 0 Å². The van der Waals surface area contributed by atoms with Crippen molar-refractivity contribution in [2.75, 3.05) is 12.4 Å². The van der Waals surface area contributed by atoms with Crippen LogP contribution in [0.3, 0.4) is 0 Å². The summed E-state index contributed by atoms with van der Waals surface area (Å²) in [6.45, 7) is 3.05. The maximum absolute atomic E-state index is 14.1. The quantitative estimate of drug-likeness (QED) is 0.246. The Morgan fingerprint density at radius 1 is 0.974 bits per heavy atom. The number of aryl methyl sites for hydroxylation is 3. The molecular weight excluding hydrogens is 494 g/mol. The maximum Gasteiger partial charge on any atom is 0.273 e. The van der Waals surface area contributed by atoms with Crippen LogP contribution in [-0.2, 0) is 19.4 Å². The highest BCUT2D eigenvalue weighted by Gasteiger charge is 2.29. The predicted octanol–water partition coefficient (Wildman–Crippen LogP) is 7.89. The minimum atomic E-state index is -0.173. The highest BCUT2D eigenvalue weighted by Crippen LogP contribution is 2.40. The molecule has 0 saturated heterocycles. The van der Waals surface area contributed by atoms with Gasteiger partial charge in [-0.25, -0.2) is 0 Å². The van der Waals surface area contributed by atoms with Crippen LogP contribution in [0.25, 0.3) is 28.0 Å². The minimum Gasteiger partial charge on any atom is -0.497 e. The van der Waals surface area contributed by atoms with Gasteiger partial charge in [0.1, 0.15) is 17.1 Å². The SMILES string of the molecule is CCc1ccc(-c2c3c4n(c(-c5ccc(OC)cc5)cn4c2C(=O)Nc2ccccc2Cl)CCCC3)cc1. The van der Waals surface area contributed by atoms with E-state index in [-0.39, 0.29) is 5.91 Å². The Morgan fingerprint density at radius 3 is 2.42 bits per heavy atom. The van der Waals surface area contributed by atoms with E-state index < -0.39 is 0 Å². The molecule has 0 atom stereocenters. The molecule has 2 aromatic heterocycles. The number of rotatable bonds is 6. The van der Waals surface area contributed by atoms with Crippen molar-refractivity contribution >= 4 is 28.8 Å². The fourth-order valence-electron chi connectivity index (χ4n) is 5.56. The molecule has 3 heterocycles. The molecule has 6 heteroatoms. The summed E-state index contributed by atoms with van der Waals surface area (Å²) in [5.74, 6) is 0.647. The number of hydrogen-bond acceptors (Lipinski definition) is 2. The highest BCUT2D eigenvalue weighted by atomic mass is 35.5. The number of carbonyl (C=O) groups is 1. The molecule has 0 unspecified atom stereocenters. The summed E-state index contributed by atoms with van der Waals surface area (Å²) in [6, 6.07) is 24.1. The van der Waals surface area contributed by atoms with Gasteiger partial charge in [0.05, 0.1) is 23.5 Å². The molecule has 1 amide bonds. The largest absolute Gasteiger partial charge is 0.497 e. The van der Waals surface area contributed by atoms with Crippen molar-refractivity contribution in [2.45, 2.75) is 39.2 Å². The standard InChI is InChI=1S/C32H30ClN3O2/c1-3-21-11-13-23(14-12-21)29-25-8-6-7-19-35-28(22-15-17-24(38-2)18-16-22)20-36(32(25)35)30(29)31(37)34-27-10-5-4-9-26(27)33/h4-5,9-18,20H,3,6-8,19H2,1-2H3,(H,34,37). The highest BCUT2D eigenvalue weighted by molar-refractivity contribution is 6.34. The van der Waals surface area contributed by atoms with E-state index in [1.54, 1.807) is 13.2 Å². The number of imidazole rings is 1. The van der Waals surface area contributed by atoms with Crippen molar-refractivity contribution in [3.63, 3.8) is 0 Å². The third-order valence-corrected chi connectivity index (χ3v) is 7.84. The normalized spacial score (nSPS) is 12.9. The zero-order valence-corrected chi connectivity index (χ0v) is 22.4. The first kappa shape index (κ1) is 24.4. The van der Waals surface area contributed by atoms with Crippen molar-refractivity contribution in [3.05, 3.63) is 101 Å². The molecule has 1 aliphatic rings. The predicted molar refractivity (Wildman–Crippen MR) is 155 cm³/mol. The van der Waals surface area contributed by atoms with Crippen LogP contribution in [0.15, 0.2) is 79.0 Å². The minimum absolute atomic E-state index is 0.173. The van der Waals surface area contributed by atoms with E-state index in [1.807, 2.05) is 30.3 Å². The van der Waals surface area contributed by atoms with Gasteiger partial charge in [-0.15, -0.1) is 0 Å². The first-order chi connectivity index (χ1) is 18.6. The van der Waals surface area contributed by atoms with E-state index in [2.05, 4.69) is 63.8 Å². The van der Waals surface area contributed by atoms with Crippen LogP contribution < -0.4 is 10.1 Å². The fraction of sp³-hybridized carbons (Fsp3) is 0.219. The summed E-state index contributed by atoms with van der Waals surface area (Å²) >= 11 is 6.43. The van der Waals surface area contributed by atoms with Crippen LogP contribution in [0.2, 0.25) is 5.02 Å². The number of aromatic nitrogens is 2. The second-order valence-electron chi connectivity index (χ2n) is 9.73. The number of amides is 1. The van der Waals surface area contributed by atoms with Crippen molar-refractivity contribution in [3.8, 4) is 28.1 Å². The number of para-hydroxylation sites is 1. The number of halogens is 1. The second-order valence-corrected chi connectivity index (χ2v) is 10.1. The summed E-state index contributed by atoms with van der Waals surface area (Å²) in [6.07, 6.45) is 6.14. The number of nitrogens with one attached hydrogen (secondary N) is 1. The van der Waals surface area contributed by atoms with E-state index in [0.717, 1.165) is 66.0 Å². The van der Waals surface area contributed by atoms with Gasteiger partial charge in [-0.2, -0.15) is 0 Å². The Kier molecular flexibility index (Phi) is 6.46. The number of nitrogens with zero attached hydrogens (tertiary/aromatic N) is 2. The first-order valence-corrected chi connectivity index (χ1v) is 13.5. The molecule has 0 fully saturated rings. The lowest BCUT2D eigenvalue weighted by Crippen LogP contribution is -2.15. The maximum atomic E-state index is 14.1. The third-order valence-electron chi connectivity index (χ3n) is 7.51. The summed E-state index contributed by atoms with van der Waals surface area (Å²) in [5.41, 5.74) is 9.06. The molecule has 5 aromatic rings. The molecule has 192 valence electrons. The zero-order chi connectivity index (χ0) is 26.2. The van der Waals surface area contributed by atoms with Crippen molar-refractivity contribution in [2.24, 2.45) is 0 Å². The summed E-state index contributed by atoms with van der Waals surface area (Å²) in [5, 5.41) is 3.61. The smallest absolute Gasteiger partial charge is 0.273 e. The lowest BCUT2D eigenvalue weighted by molar-refractivity contribution is 0.102. The molecule has 0 bridgehead atoms. The molecular formula is C32H30ClN3O2. The van der Waals surface area contributed by atoms with E-state index in [9.17, 15) is 4.79 Å². The van der Waals surface area contributed by atoms with E-state index in [4.69, 9.17) is 16.3 Å². The molecule has 3 aromatic carbocycles. The molecule has 0 radical (unpaired) electrons. The Morgan fingerprint density at radius 2 is 1.71 bits per heavy atom. The second kappa shape index (κ2) is 10.1. The van der Waals surface area contributed by atoms with Gasteiger partial charge in [0, 0.05) is 23.9 Å². The number of hydrogen-bond donors (Lipinski definition) is 1. The fourth-order valence-corrected chi connectivity index (χ4v) is 5.75. The van der Waals surface area contributed by atoms with Gasteiger partial charge in [0.25, 0.3) is 5.91 Å². The van der Waals surface area contributed by atoms with Gasteiger partial charge in [-0.1, -0.05) is 54.9 Å². The van der Waals surface area contributed by atoms with E-state index in [0.29, 0.717) is 16.4 Å². The van der Waals surface area contributed by atoms with Gasteiger partial charge >= 0.3 is 0 Å². The number of methoxy groups -OCH3 is 1. The molecule has 1 aliphatic heterocycles. The van der Waals surface area contributed by atoms with Crippen LogP contribution in [0.1, 0.15) is 41.4 Å². The Bertz CT molecular complexity index is 1630. The lowest BCUT2D eigenvalue weighted by Gasteiger charge is -2.11. The van der Waals surface area contributed by atoms with Crippen LogP contribution in [0.5, 0.6) is 5.75 Å². The third kappa shape index (κ3) is 4.17. The molecule has 0 saturated carbocycles. The summed E-state index contributed by atoms with van der Waals surface area (Å²) < 4.78 is 9.85. The summed E-state index contributed by atoms with van der Waals surface area (Å²) in [7, 11) is 1.68. The summed E-state index contributed by atoms with van der Waals surface area (Å²) in [4.78, 5) is 14.1. The van der Waals surface area contributed by atoms with Gasteiger partial charge in [0.15, 0.2) is 0 Å². The van der Waals surface area contributed by atoms with E-state index in [1.165, 1.54) is 11.1 Å². The number of ether oxygens (including phenoxy) is 1. The topological polar surface area (TPSA) is 47.7 Å². The van der Waals surface area contributed by atoms with Crippen LogP contribution >= 0.6 is 11.6 Å². The average molecular weight is 524 g/mol. The van der Waals surface area contributed by atoms with Gasteiger partial charge in [-0.3, -0.25) is 9.20 Å². The van der Waals surface area contributed by atoms with E-state index >= 15 is 0 Å². The average Bonchev–Trinajstić information content (AvgIpc) is 3.37.